The first-order valence-electron chi connectivity index (χ1n) is 11.8. The van der Waals surface area contributed by atoms with Crippen LogP contribution in [0.5, 0.6) is 0 Å². The Kier molecular flexibility index (Phi) is 6.30. The molecular weight excluding hydrogens is 432 g/mol. The van der Waals surface area contributed by atoms with Crippen LogP contribution in [0.4, 0.5) is 5.69 Å². The van der Waals surface area contributed by atoms with E-state index in [2.05, 4.69) is 30.1 Å². The molecule has 34 heavy (non-hydrogen) atoms. The number of piperazine rings is 1. The number of pyridine rings is 3. The summed E-state index contributed by atoms with van der Waals surface area (Å²) in [7, 11) is 1.60. The van der Waals surface area contributed by atoms with Crippen molar-refractivity contribution in [2.24, 2.45) is 5.92 Å². The lowest BCUT2D eigenvalue weighted by Gasteiger charge is -2.47. The fourth-order valence-corrected chi connectivity index (χ4v) is 4.79. The Morgan fingerprint density at radius 1 is 1.21 bits per heavy atom. The van der Waals surface area contributed by atoms with Crippen LogP contribution in [-0.2, 0) is 17.7 Å². The number of H-pyrrole nitrogens is 1. The fourth-order valence-electron chi connectivity index (χ4n) is 4.79. The van der Waals surface area contributed by atoms with E-state index in [-0.39, 0.29) is 11.5 Å². The van der Waals surface area contributed by atoms with Crippen molar-refractivity contribution >= 4 is 22.6 Å². The van der Waals surface area contributed by atoms with Gasteiger partial charge in [-0.05, 0) is 36.2 Å². The molecule has 1 amide bonds. The highest BCUT2D eigenvalue weighted by Crippen LogP contribution is 2.28. The lowest BCUT2D eigenvalue weighted by Crippen LogP contribution is -2.59. The maximum absolute atomic E-state index is 12.3. The molecule has 0 saturated carbocycles. The number of anilines is 1. The van der Waals surface area contributed by atoms with E-state index in [4.69, 9.17) is 4.74 Å². The second-order valence-corrected chi connectivity index (χ2v) is 9.02. The molecule has 2 fully saturated rings. The van der Waals surface area contributed by atoms with Crippen molar-refractivity contribution in [3.8, 4) is 0 Å². The van der Waals surface area contributed by atoms with Gasteiger partial charge in [0, 0.05) is 56.9 Å². The first-order valence-corrected chi connectivity index (χ1v) is 11.8. The molecule has 0 radical (unpaired) electrons. The van der Waals surface area contributed by atoms with Crippen LogP contribution >= 0.6 is 0 Å². The van der Waals surface area contributed by atoms with Gasteiger partial charge in [0.1, 0.15) is 5.69 Å². The van der Waals surface area contributed by atoms with Gasteiger partial charge in [-0.3, -0.25) is 19.5 Å². The third-order valence-corrected chi connectivity index (χ3v) is 6.91. The van der Waals surface area contributed by atoms with Gasteiger partial charge in [-0.25, -0.2) is 4.98 Å². The molecule has 3 aromatic heterocycles. The Hall–Kier alpha value is -3.30. The number of aromatic nitrogens is 3. The number of fused-ring (bicyclic) bond motifs is 1. The van der Waals surface area contributed by atoms with Gasteiger partial charge in [-0.15, -0.1) is 0 Å². The number of nitrogens with one attached hydrogen (secondary N) is 2. The van der Waals surface area contributed by atoms with Crippen molar-refractivity contribution in [1.82, 2.24) is 25.2 Å². The highest BCUT2D eigenvalue weighted by molar-refractivity contribution is 5.92. The van der Waals surface area contributed by atoms with Crippen molar-refractivity contribution < 1.29 is 9.53 Å². The zero-order valence-corrected chi connectivity index (χ0v) is 19.6. The van der Waals surface area contributed by atoms with Gasteiger partial charge in [0.15, 0.2) is 0 Å². The normalized spacial score (nSPS) is 19.2. The molecule has 3 aromatic rings. The van der Waals surface area contributed by atoms with Crippen molar-refractivity contribution in [3.63, 3.8) is 0 Å². The van der Waals surface area contributed by atoms with E-state index in [1.807, 2.05) is 31.3 Å². The van der Waals surface area contributed by atoms with Gasteiger partial charge in [0.25, 0.3) is 11.5 Å². The van der Waals surface area contributed by atoms with Gasteiger partial charge in [0.2, 0.25) is 0 Å². The molecule has 5 rings (SSSR count). The summed E-state index contributed by atoms with van der Waals surface area (Å²) < 4.78 is 5.52. The molecule has 0 aliphatic carbocycles. The minimum absolute atomic E-state index is 0.0388. The summed E-state index contributed by atoms with van der Waals surface area (Å²) in [5.74, 6) is 0.290. The quantitative estimate of drug-likeness (QED) is 0.573. The highest BCUT2D eigenvalue weighted by atomic mass is 16.5. The highest BCUT2D eigenvalue weighted by Gasteiger charge is 2.37. The van der Waals surface area contributed by atoms with Crippen LogP contribution in [0.3, 0.4) is 0 Å². The number of carbonyl (C=O) groups is 1. The molecule has 9 heteroatoms. The summed E-state index contributed by atoms with van der Waals surface area (Å²) in [4.78, 5) is 40.8. The number of hydrogen-bond donors (Lipinski definition) is 2. The molecule has 5 heterocycles. The van der Waals surface area contributed by atoms with E-state index in [9.17, 15) is 9.59 Å². The predicted molar refractivity (Wildman–Crippen MR) is 130 cm³/mol. The molecule has 178 valence electrons. The minimum Gasteiger partial charge on any atom is -0.381 e. The van der Waals surface area contributed by atoms with Crippen LogP contribution in [-0.4, -0.2) is 71.7 Å². The number of nitrogens with zero attached hydrogens (tertiary/aromatic N) is 4. The number of hydrogen-bond acceptors (Lipinski definition) is 7. The number of rotatable bonds is 6. The van der Waals surface area contributed by atoms with E-state index in [1.54, 1.807) is 19.3 Å². The molecule has 2 aliphatic heterocycles. The summed E-state index contributed by atoms with van der Waals surface area (Å²) in [5.41, 5.74) is 4.85. The number of ether oxygens (including phenoxy) is 1. The summed E-state index contributed by atoms with van der Waals surface area (Å²) >= 11 is 0. The summed E-state index contributed by atoms with van der Waals surface area (Å²) in [5, 5.41) is 2.61. The van der Waals surface area contributed by atoms with Gasteiger partial charge in [-0.1, -0.05) is 6.92 Å². The maximum Gasteiger partial charge on any atom is 0.269 e. The Morgan fingerprint density at radius 2 is 2.06 bits per heavy atom. The second kappa shape index (κ2) is 9.52. The smallest absolute Gasteiger partial charge is 0.269 e. The number of aromatic amines is 1. The fraction of sp³-hybridized carbons (Fsp3) is 0.440. The van der Waals surface area contributed by atoms with E-state index in [1.165, 1.54) is 0 Å². The van der Waals surface area contributed by atoms with Crippen LogP contribution in [0.2, 0.25) is 0 Å². The van der Waals surface area contributed by atoms with Crippen LogP contribution < -0.4 is 15.8 Å². The van der Waals surface area contributed by atoms with Gasteiger partial charge >= 0.3 is 0 Å². The van der Waals surface area contributed by atoms with Gasteiger partial charge in [0.05, 0.1) is 36.1 Å². The average Bonchev–Trinajstić information content (AvgIpc) is 2.83. The van der Waals surface area contributed by atoms with Crippen LogP contribution in [0.25, 0.3) is 11.0 Å². The van der Waals surface area contributed by atoms with Crippen molar-refractivity contribution in [2.75, 3.05) is 44.8 Å². The molecule has 1 atom stereocenters. The third kappa shape index (κ3) is 4.41. The van der Waals surface area contributed by atoms with E-state index < -0.39 is 0 Å². The third-order valence-electron chi connectivity index (χ3n) is 6.91. The van der Waals surface area contributed by atoms with Gasteiger partial charge in [-0.2, -0.15) is 0 Å². The maximum atomic E-state index is 12.3. The molecule has 2 N–H and O–H groups in total. The summed E-state index contributed by atoms with van der Waals surface area (Å²) in [6, 6.07) is 8.00. The SMILES string of the molecule is CCc1cc2ncc(CN3CCN(c4ccc(C(=O)NC)nc4)C[C@H]3C3COC3)cc2[nH]c1=O. The van der Waals surface area contributed by atoms with Crippen molar-refractivity contribution in [1.29, 1.82) is 0 Å². The minimum atomic E-state index is -0.183. The average molecular weight is 463 g/mol. The van der Waals surface area contributed by atoms with E-state index in [0.29, 0.717) is 24.1 Å². The Labute approximate surface area is 198 Å². The van der Waals surface area contributed by atoms with Crippen LogP contribution in [0.15, 0.2) is 41.5 Å². The van der Waals surface area contributed by atoms with E-state index in [0.717, 1.165) is 67.2 Å². The zero-order valence-electron chi connectivity index (χ0n) is 19.6. The molecule has 9 nitrogen and oxygen atoms in total. The standard InChI is InChI=1S/C25H30N6O3/c1-3-17-9-21-22(29-24(17)32)8-16(10-27-21)12-31-7-6-30(13-23(31)18-14-34-15-18)19-4-5-20(28-11-19)25(33)26-2/h4-5,8-11,18,23H,3,6-7,12-15H2,1-2H3,(H,26,33)(H,29,32)/t23-/m0/s1. The molecule has 0 unspecified atom stereocenters. The molecule has 0 bridgehead atoms. The number of carbonyl (C=O) groups excluding carboxylic acids is 1. The van der Waals surface area contributed by atoms with Crippen molar-refractivity contribution in [2.45, 2.75) is 25.9 Å². The molecule has 2 saturated heterocycles. The Bertz CT molecular complexity index is 1240. The second-order valence-electron chi connectivity index (χ2n) is 9.02. The molecule has 0 spiro atoms. The molecule has 2 aliphatic rings. The lowest BCUT2D eigenvalue weighted by atomic mass is 9.93. The Balaban J connectivity index is 1.33. The van der Waals surface area contributed by atoms with Gasteiger partial charge < -0.3 is 19.9 Å². The number of aryl methyl sites for hydroxylation is 1. The molecule has 0 aromatic carbocycles. The Morgan fingerprint density at radius 3 is 2.74 bits per heavy atom. The monoisotopic (exact) mass is 462 g/mol. The van der Waals surface area contributed by atoms with E-state index >= 15 is 0 Å². The first-order chi connectivity index (χ1) is 16.6. The lowest BCUT2D eigenvalue weighted by molar-refractivity contribution is -0.0779. The number of amides is 1. The van der Waals surface area contributed by atoms with Crippen LogP contribution in [0, 0.1) is 5.92 Å². The van der Waals surface area contributed by atoms with Crippen LogP contribution in [0.1, 0.15) is 28.5 Å². The molecular formula is C25H30N6O3. The first kappa shape index (κ1) is 22.5. The topological polar surface area (TPSA) is 103 Å². The van der Waals surface area contributed by atoms with Crippen molar-refractivity contribution in [3.05, 3.63) is 63.8 Å². The summed E-state index contributed by atoms with van der Waals surface area (Å²) in [6.45, 7) is 6.90. The zero-order chi connectivity index (χ0) is 23.7. The predicted octanol–water partition coefficient (Wildman–Crippen LogP) is 1.58. The largest absolute Gasteiger partial charge is 0.381 e. The summed E-state index contributed by atoms with van der Waals surface area (Å²) in [6.07, 6.45) is 4.39.